The Hall–Kier alpha value is -1.25. The summed E-state index contributed by atoms with van der Waals surface area (Å²) in [6, 6.07) is 21.2. The standard InChI is InChI=1S/C14H15NS/c1-12(13-8-4-2-5-9-13)15-16-14-10-6-3-7-11-14/h2-12,15H,1H3/t12-/m0/s1. The molecular weight excluding hydrogens is 214 g/mol. The molecule has 2 aromatic rings. The van der Waals surface area contributed by atoms with Gasteiger partial charge in [-0.25, -0.2) is 0 Å². The summed E-state index contributed by atoms with van der Waals surface area (Å²) in [5.41, 5.74) is 1.31. The molecule has 0 aliphatic carbocycles. The van der Waals surface area contributed by atoms with Gasteiger partial charge in [-0.2, -0.15) is 0 Å². The van der Waals surface area contributed by atoms with Crippen molar-refractivity contribution in [1.82, 2.24) is 4.72 Å². The Balaban J connectivity index is 1.92. The molecule has 1 N–H and O–H groups in total. The highest BCUT2D eigenvalue weighted by Crippen LogP contribution is 2.20. The van der Waals surface area contributed by atoms with Gasteiger partial charge in [0.25, 0.3) is 0 Å². The molecule has 0 fully saturated rings. The van der Waals surface area contributed by atoms with Crippen molar-refractivity contribution in [1.29, 1.82) is 0 Å². The number of hydrogen-bond donors (Lipinski definition) is 1. The molecular formula is C14H15NS. The zero-order valence-electron chi connectivity index (χ0n) is 9.26. The second-order valence-corrected chi connectivity index (χ2v) is 4.58. The predicted molar refractivity (Wildman–Crippen MR) is 70.3 cm³/mol. The first-order valence-electron chi connectivity index (χ1n) is 5.38. The molecule has 0 bridgehead atoms. The van der Waals surface area contributed by atoms with Crippen molar-refractivity contribution in [2.24, 2.45) is 0 Å². The minimum Gasteiger partial charge on any atom is -0.253 e. The molecule has 2 rings (SSSR count). The van der Waals surface area contributed by atoms with E-state index in [2.05, 4.69) is 60.2 Å². The Morgan fingerprint density at radius 1 is 0.875 bits per heavy atom. The maximum atomic E-state index is 3.43. The third-order valence-corrected chi connectivity index (χ3v) is 3.38. The second kappa shape index (κ2) is 5.73. The average Bonchev–Trinajstić information content (AvgIpc) is 2.38. The number of rotatable bonds is 4. The molecule has 0 aliphatic heterocycles. The van der Waals surface area contributed by atoms with Crippen molar-refractivity contribution < 1.29 is 0 Å². The van der Waals surface area contributed by atoms with Crippen molar-refractivity contribution >= 4 is 11.9 Å². The van der Waals surface area contributed by atoms with Crippen LogP contribution in [0.15, 0.2) is 65.6 Å². The monoisotopic (exact) mass is 229 g/mol. The summed E-state index contributed by atoms with van der Waals surface area (Å²) in [5.74, 6) is 0. The van der Waals surface area contributed by atoms with Gasteiger partial charge >= 0.3 is 0 Å². The third kappa shape index (κ3) is 3.12. The molecule has 0 saturated carbocycles. The van der Waals surface area contributed by atoms with Crippen molar-refractivity contribution in [2.45, 2.75) is 17.9 Å². The normalized spacial score (nSPS) is 12.3. The van der Waals surface area contributed by atoms with Crippen molar-refractivity contribution in [3.05, 3.63) is 66.2 Å². The summed E-state index contributed by atoms with van der Waals surface area (Å²) in [4.78, 5) is 1.24. The van der Waals surface area contributed by atoms with Crippen LogP contribution in [0.1, 0.15) is 18.5 Å². The third-order valence-electron chi connectivity index (χ3n) is 2.40. The lowest BCUT2D eigenvalue weighted by molar-refractivity contribution is 0.754. The summed E-state index contributed by atoms with van der Waals surface area (Å²) in [6.45, 7) is 2.17. The van der Waals surface area contributed by atoms with Crippen LogP contribution in [-0.4, -0.2) is 0 Å². The first-order chi connectivity index (χ1) is 7.86. The van der Waals surface area contributed by atoms with Gasteiger partial charge in [0, 0.05) is 10.9 Å². The molecule has 82 valence electrons. The first-order valence-corrected chi connectivity index (χ1v) is 6.20. The van der Waals surface area contributed by atoms with Crippen molar-refractivity contribution in [3.63, 3.8) is 0 Å². The molecule has 1 nitrogen and oxygen atoms in total. The van der Waals surface area contributed by atoms with E-state index in [-0.39, 0.29) is 0 Å². The van der Waals surface area contributed by atoms with Crippen LogP contribution in [0.2, 0.25) is 0 Å². The van der Waals surface area contributed by atoms with Crippen LogP contribution in [0.4, 0.5) is 0 Å². The van der Waals surface area contributed by atoms with Crippen LogP contribution in [-0.2, 0) is 0 Å². The van der Waals surface area contributed by atoms with Gasteiger partial charge in [0.05, 0.1) is 0 Å². The smallest absolute Gasteiger partial charge is 0.0396 e. The first kappa shape index (κ1) is 11.2. The molecule has 1 atom stereocenters. The van der Waals surface area contributed by atoms with Gasteiger partial charge in [-0.3, -0.25) is 4.72 Å². The van der Waals surface area contributed by atoms with Crippen LogP contribution in [0.5, 0.6) is 0 Å². The van der Waals surface area contributed by atoms with Crippen LogP contribution in [0, 0.1) is 0 Å². The highest BCUT2D eigenvalue weighted by Gasteiger charge is 2.03. The molecule has 0 unspecified atom stereocenters. The van der Waals surface area contributed by atoms with E-state index in [0.717, 1.165) is 0 Å². The summed E-state index contributed by atoms with van der Waals surface area (Å²) < 4.78 is 3.43. The molecule has 0 heterocycles. The van der Waals surface area contributed by atoms with Crippen LogP contribution >= 0.6 is 11.9 Å². The molecule has 2 aromatic carbocycles. The van der Waals surface area contributed by atoms with Crippen molar-refractivity contribution in [3.8, 4) is 0 Å². The number of hydrogen-bond acceptors (Lipinski definition) is 2. The molecule has 0 saturated heterocycles. The summed E-state index contributed by atoms with van der Waals surface area (Å²) >= 11 is 1.67. The maximum Gasteiger partial charge on any atom is 0.0396 e. The van der Waals surface area contributed by atoms with E-state index in [9.17, 15) is 0 Å². The molecule has 0 radical (unpaired) electrons. The lowest BCUT2D eigenvalue weighted by Gasteiger charge is -2.13. The number of benzene rings is 2. The molecule has 0 spiro atoms. The van der Waals surface area contributed by atoms with Gasteiger partial charge in [0.15, 0.2) is 0 Å². The molecule has 16 heavy (non-hydrogen) atoms. The zero-order valence-corrected chi connectivity index (χ0v) is 10.1. The van der Waals surface area contributed by atoms with E-state index in [4.69, 9.17) is 0 Å². The molecule has 0 aromatic heterocycles. The van der Waals surface area contributed by atoms with Crippen LogP contribution in [0.25, 0.3) is 0 Å². The Labute approximate surface area is 101 Å². The average molecular weight is 229 g/mol. The van der Waals surface area contributed by atoms with E-state index in [1.165, 1.54) is 10.5 Å². The van der Waals surface area contributed by atoms with Crippen molar-refractivity contribution in [2.75, 3.05) is 0 Å². The zero-order chi connectivity index (χ0) is 11.2. The Morgan fingerprint density at radius 3 is 2.06 bits per heavy atom. The summed E-state index contributed by atoms with van der Waals surface area (Å²) in [6.07, 6.45) is 0. The second-order valence-electron chi connectivity index (χ2n) is 3.67. The fourth-order valence-corrected chi connectivity index (χ4v) is 2.20. The molecule has 2 heteroatoms. The van der Waals surface area contributed by atoms with Gasteiger partial charge in [-0.05, 0) is 36.6 Å². The quantitative estimate of drug-likeness (QED) is 0.794. The molecule has 0 aliphatic rings. The lowest BCUT2D eigenvalue weighted by Crippen LogP contribution is -2.09. The lowest BCUT2D eigenvalue weighted by atomic mass is 10.1. The van der Waals surface area contributed by atoms with Crippen LogP contribution in [0.3, 0.4) is 0 Å². The minimum atomic E-state index is 0.353. The fourth-order valence-electron chi connectivity index (χ4n) is 1.45. The summed E-state index contributed by atoms with van der Waals surface area (Å²) in [5, 5.41) is 0. The van der Waals surface area contributed by atoms with Gasteiger partial charge in [-0.1, -0.05) is 48.5 Å². The van der Waals surface area contributed by atoms with Gasteiger partial charge < -0.3 is 0 Å². The SMILES string of the molecule is C[C@H](NSc1ccccc1)c1ccccc1. The molecule has 0 amide bonds. The summed E-state index contributed by atoms with van der Waals surface area (Å²) in [7, 11) is 0. The van der Waals surface area contributed by atoms with E-state index < -0.39 is 0 Å². The van der Waals surface area contributed by atoms with Gasteiger partial charge in [0.2, 0.25) is 0 Å². The van der Waals surface area contributed by atoms with E-state index in [0.29, 0.717) is 6.04 Å². The minimum absolute atomic E-state index is 0.353. The number of nitrogens with one attached hydrogen (secondary N) is 1. The van der Waals surface area contributed by atoms with E-state index in [1.807, 2.05) is 12.1 Å². The Kier molecular flexibility index (Phi) is 4.03. The van der Waals surface area contributed by atoms with Crippen LogP contribution < -0.4 is 4.72 Å². The van der Waals surface area contributed by atoms with E-state index >= 15 is 0 Å². The largest absolute Gasteiger partial charge is 0.253 e. The highest BCUT2D eigenvalue weighted by molar-refractivity contribution is 7.97. The Morgan fingerprint density at radius 2 is 1.44 bits per heavy atom. The Bertz CT molecular complexity index is 413. The predicted octanol–water partition coefficient (Wildman–Crippen LogP) is 4.04. The van der Waals surface area contributed by atoms with Gasteiger partial charge in [-0.15, -0.1) is 0 Å². The van der Waals surface area contributed by atoms with E-state index in [1.54, 1.807) is 11.9 Å². The topological polar surface area (TPSA) is 12.0 Å². The fraction of sp³-hybridized carbons (Fsp3) is 0.143. The highest BCUT2D eigenvalue weighted by atomic mass is 32.2. The van der Waals surface area contributed by atoms with Gasteiger partial charge in [0.1, 0.15) is 0 Å². The maximum absolute atomic E-state index is 3.43.